The van der Waals surface area contributed by atoms with Crippen LogP contribution < -0.4 is 14.5 Å². The van der Waals surface area contributed by atoms with E-state index in [1.165, 1.54) is 30.2 Å². The van der Waals surface area contributed by atoms with Crippen LogP contribution in [0.1, 0.15) is 31.0 Å². The molecule has 7 nitrogen and oxygen atoms in total. The number of phenolic OH excluding ortho intramolecular Hbond substituents is 1. The molecular weight excluding hydrogens is 480 g/mol. The van der Waals surface area contributed by atoms with Gasteiger partial charge < -0.3 is 19.8 Å². The number of aliphatic hydroxyl groups is 1. The molecule has 1 fully saturated rings. The van der Waals surface area contributed by atoms with Crippen LogP contribution in [0.3, 0.4) is 0 Å². The van der Waals surface area contributed by atoms with Crippen LogP contribution in [0.5, 0.6) is 11.5 Å². The van der Waals surface area contributed by atoms with Crippen LogP contribution >= 0.6 is 11.6 Å². The Kier molecular flexibility index (Phi) is 7.22. The number of Topliss-reactive ketones (excluding diaryl/α,β-unsaturated/α-hetero) is 1. The second-order valence-electron chi connectivity index (χ2n) is 8.30. The third-order valence-corrected chi connectivity index (χ3v) is 6.65. The first-order valence-electron chi connectivity index (χ1n) is 11.6. The lowest BCUT2D eigenvalue weighted by molar-refractivity contribution is -0.132. The highest BCUT2D eigenvalue weighted by atomic mass is 35.5. The van der Waals surface area contributed by atoms with Gasteiger partial charge in [-0.05, 0) is 74.0 Å². The summed E-state index contributed by atoms with van der Waals surface area (Å²) in [6, 6.07) is 17.3. The summed E-state index contributed by atoms with van der Waals surface area (Å²) >= 11 is 6.13. The van der Waals surface area contributed by atoms with Crippen LogP contribution in [0.2, 0.25) is 5.02 Å². The summed E-state index contributed by atoms with van der Waals surface area (Å²) in [7, 11) is 1.45. The molecule has 36 heavy (non-hydrogen) atoms. The number of nitrogens with zero attached hydrogens (tertiary/aromatic N) is 2. The Hall–Kier alpha value is -3.97. The summed E-state index contributed by atoms with van der Waals surface area (Å²) in [5.74, 6) is -1.55. The maximum atomic E-state index is 13.3. The number of ketones is 1. The fourth-order valence-corrected chi connectivity index (χ4v) is 4.64. The third-order valence-electron chi connectivity index (χ3n) is 6.33. The zero-order valence-electron chi connectivity index (χ0n) is 20.2. The maximum Gasteiger partial charge on any atom is 0.300 e. The van der Waals surface area contributed by atoms with E-state index in [1.807, 2.05) is 12.1 Å². The van der Waals surface area contributed by atoms with Gasteiger partial charge in [-0.3, -0.25) is 14.5 Å². The summed E-state index contributed by atoms with van der Waals surface area (Å²) in [5, 5.41) is 21.4. The van der Waals surface area contributed by atoms with E-state index in [-0.39, 0.29) is 22.6 Å². The van der Waals surface area contributed by atoms with Crippen molar-refractivity contribution >= 4 is 40.4 Å². The molecule has 0 saturated carbocycles. The van der Waals surface area contributed by atoms with Gasteiger partial charge in [0.05, 0.1) is 23.7 Å². The molecule has 0 bridgehead atoms. The van der Waals surface area contributed by atoms with Gasteiger partial charge >= 0.3 is 0 Å². The van der Waals surface area contributed by atoms with Gasteiger partial charge in [0.25, 0.3) is 11.7 Å². The number of hydrogen-bond acceptors (Lipinski definition) is 6. The molecule has 0 spiro atoms. The Morgan fingerprint density at radius 2 is 1.64 bits per heavy atom. The number of aliphatic hydroxyl groups excluding tert-OH is 1. The zero-order valence-corrected chi connectivity index (χ0v) is 21.0. The number of ether oxygens (including phenoxy) is 1. The minimum absolute atomic E-state index is 0.0433. The number of carbonyl (C=O) groups excluding carboxylic acids is 2. The van der Waals surface area contributed by atoms with Crippen molar-refractivity contribution in [2.75, 3.05) is 30.0 Å². The first kappa shape index (κ1) is 25.1. The molecule has 1 heterocycles. The summed E-state index contributed by atoms with van der Waals surface area (Å²) in [6.45, 7) is 5.79. The Labute approximate surface area is 214 Å². The van der Waals surface area contributed by atoms with Crippen molar-refractivity contribution in [1.82, 2.24) is 0 Å². The molecule has 4 rings (SSSR count). The Morgan fingerprint density at radius 3 is 2.22 bits per heavy atom. The highest BCUT2D eigenvalue weighted by molar-refractivity contribution is 6.51. The molecule has 1 amide bonds. The van der Waals surface area contributed by atoms with Gasteiger partial charge in [-0.1, -0.05) is 23.7 Å². The monoisotopic (exact) mass is 506 g/mol. The molecule has 8 heteroatoms. The lowest BCUT2D eigenvalue weighted by Gasteiger charge is -2.27. The van der Waals surface area contributed by atoms with Gasteiger partial charge in [0.2, 0.25) is 0 Å². The van der Waals surface area contributed by atoms with Crippen molar-refractivity contribution in [3.8, 4) is 11.5 Å². The average Bonchev–Trinajstić information content (AvgIpc) is 3.15. The van der Waals surface area contributed by atoms with E-state index >= 15 is 0 Å². The van der Waals surface area contributed by atoms with E-state index in [9.17, 15) is 19.8 Å². The molecule has 1 aliphatic rings. The fourth-order valence-electron chi connectivity index (χ4n) is 4.45. The lowest BCUT2D eigenvalue weighted by atomic mass is 9.95. The number of methoxy groups -OCH3 is 1. The summed E-state index contributed by atoms with van der Waals surface area (Å²) in [6.07, 6.45) is 0. The lowest BCUT2D eigenvalue weighted by Crippen LogP contribution is -2.29. The predicted octanol–water partition coefficient (Wildman–Crippen LogP) is 5.53. The Morgan fingerprint density at radius 1 is 1.00 bits per heavy atom. The average molecular weight is 507 g/mol. The van der Waals surface area contributed by atoms with Gasteiger partial charge in [-0.25, -0.2) is 0 Å². The van der Waals surface area contributed by atoms with E-state index in [1.54, 1.807) is 36.4 Å². The summed E-state index contributed by atoms with van der Waals surface area (Å²) < 4.78 is 5.25. The van der Waals surface area contributed by atoms with E-state index < -0.39 is 17.7 Å². The van der Waals surface area contributed by atoms with Gasteiger partial charge in [0.15, 0.2) is 0 Å². The van der Waals surface area contributed by atoms with Crippen LogP contribution in [0, 0.1) is 0 Å². The van der Waals surface area contributed by atoms with Gasteiger partial charge in [-0.2, -0.15) is 0 Å². The van der Waals surface area contributed by atoms with Crippen molar-refractivity contribution in [3.63, 3.8) is 0 Å². The topological polar surface area (TPSA) is 90.3 Å². The van der Waals surface area contributed by atoms with E-state index in [4.69, 9.17) is 16.3 Å². The van der Waals surface area contributed by atoms with Gasteiger partial charge in [-0.15, -0.1) is 0 Å². The van der Waals surface area contributed by atoms with E-state index in [0.717, 1.165) is 18.8 Å². The van der Waals surface area contributed by atoms with E-state index in [0.29, 0.717) is 22.0 Å². The SMILES string of the molecule is CCN(CC)c1ccc(N2C(=O)C(=O)/C(=C(\O)c3ccc(Cl)c(OC)c3)C2c2ccc(O)cc2)cc1. The van der Waals surface area contributed by atoms with Crippen molar-refractivity contribution in [2.45, 2.75) is 19.9 Å². The number of rotatable bonds is 7. The highest BCUT2D eigenvalue weighted by Crippen LogP contribution is 2.43. The number of amides is 1. The molecular formula is C28H27ClN2O5. The molecule has 0 aromatic heterocycles. The minimum Gasteiger partial charge on any atom is -0.508 e. The number of hydrogen-bond donors (Lipinski definition) is 2. The smallest absolute Gasteiger partial charge is 0.300 e. The van der Waals surface area contributed by atoms with Gasteiger partial charge in [0, 0.05) is 30.0 Å². The van der Waals surface area contributed by atoms with Crippen LogP contribution in [-0.2, 0) is 9.59 Å². The quantitative estimate of drug-likeness (QED) is 0.249. The molecule has 2 N–H and O–H groups in total. The highest BCUT2D eigenvalue weighted by Gasteiger charge is 2.47. The number of phenols is 1. The zero-order chi connectivity index (χ0) is 26.0. The summed E-state index contributed by atoms with van der Waals surface area (Å²) in [4.78, 5) is 30.2. The van der Waals surface area contributed by atoms with E-state index in [2.05, 4.69) is 18.7 Å². The van der Waals surface area contributed by atoms with Crippen LogP contribution in [0.25, 0.3) is 5.76 Å². The van der Waals surface area contributed by atoms with Crippen molar-refractivity contribution in [3.05, 3.63) is 88.5 Å². The molecule has 1 aliphatic heterocycles. The molecule has 0 radical (unpaired) electrons. The summed E-state index contributed by atoms with van der Waals surface area (Å²) in [5.41, 5.74) is 2.29. The third kappa shape index (κ3) is 4.50. The first-order valence-corrected chi connectivity index (χ1v) is 12.0. The van der Waals surface area contributed by atoms with Crippen molar-refractivity contribution in [2.24, 2.45) is 0 Å². The standard InChI is InChI=1S/C28H27ClN2O5/c1-4-30(5-2)19-9-11-20(12-10-19)31-25(17-6-13-21(32)14-7-17)24(27(34)28(31)35)26(33)18-8-15-22(29)23(16-18)36-3/h6-16,25,32-33H,4-5H2,1-3H3/b26-24-. The maximum absolute atomic E-state index is 13.3. The van der Waals surface area contributed by atoms with Crippen molar-refractivity contribution < 1.29 is 24.5 Å². The predicted molar refractivity (Wildman–Crippen MR) is 141 cm³/mol. The molecule has 186 valence electrons. The number of carbonyl (C=O) groups is 2. The van der Waals surface area contributed by atoms with Crippen molar-refractivity contribution in [1.29, 1.82) is 0 Å². The number of benzene rings is 3. The minimum atomic E-state index is -0.911. The first-order chi connectivity index (χ1) is 17.3. The normalized spacial score (nSPS) is 16.9. The second kappa shape index (κ2) is 10.3. The largest absolute Gasteiger partial charge is 0.508 e. The van der Waals surface area contributed by atoms with Crippen LogP contribution in [0.15, 0.2) is 72.3 Å². The Balaban J connectivity index is 1.88. The molecule has 1 unspecified atom stereocenters. The Bertz CT molecular complexity index is 1310. The van der Waals surface area contributed by atoms with Gasteiger partial charge in [0.1, 0.15) is 17.3 Å². The molecule has 3 aromatic rings. The number of halogens is 1. The molecule has 0 aliphatic carbocycles. The van der Waals surface area contributed by atoms with Crippen LogP contribution in [-0.4, -0.2) is 42.1 Å². The molecule has 1 atom stereocenters. The van der Waals surface area contributed by atoms with Crippen LogP contribution in [0.4, 0.5) is 11.4 Å². The fraction of sp³-hybridized carbons (Fsp3) is 0.214. The number of anilines is 2. The molecule has 1 saturated heterocycles. The molecule has 3 aromatic carbocycles. The number of aromatic hydroxyl groups is 1. The second-order valence-corrected chi connectivity index (χ2v) is 8.71.